The maximum absolute atomic E-state index is 10.6. The number of aldehydes is 2. The zero-order valence-electron chi connectivity index (χ0n) is 8.67. The number of carbonyl (C=O) groups excluding carboxylic acids is 2. The zero-order chi connectivity index (χ0) is 10.3. The van der Waals surface area contributed by atoms with Gasteiger partial charge in [0.05, 0.1) is 6.04 Å². The summed E-state index contributed by atoms with van der Waals surface area (Å²) in [7, 11) is -1.37. The zero-order valence-corrected chi connectivity index (χ0v) is 9.67. The summed E-state index contributed by atoms with van der Waals surface area (Å²) in [4.78, 5) is 24.0. The molecular formula is C9H19NO2Si. The molecule has 1 N–H and O–H groups in total. The van der Waals surface area contributed by atoms with Gasteiger partial charge >= 0.3 is 0 Å². The summed E-state index contributed by atoms with van der Waals surface area (Å²) in [6.45, 7) is 6.47. The van der Waals surface area contributed by atoms with E-state index >= 15 is 0 Å². The van der Waals surface area contributed by atoms with Crippen molar-refractivity contribution in [2.45, 2.75) is 44.9 Å². The number of hydrogen-bond donors (Lipinski definition) is 1. The topological polar surface area (TPSA) is 46.2 Å². The van der Waals surface area contributed by atoms with Gasteiger partial charge in [-0.25, -0.2) is 0 Å². The Labute approximate surface area is 81.0 Å². The van der Waals surface area contributed by atoms with Crippen LogP contribution in [-0.4, -0.2) is 26.8 Å². The van der Waals surface area contributed by atoms with Crippen molar-refractivity contribution in [3.63, 3.8) is 0 Å². The summed E-state index contributed by atoms with van der Waals surface area (Å²) in [5.74, 6) is 0. The molecule has 0 aliphatic carbocycles. The van der Waals surface area contributed by atoms with E-state index in [1.54, 1.807) is 0 Å². The molecule has 0 heterocycles. The number of carbonyl (C=O) groups is 2. The van der Waals surface area contributed by atoms with E-state index in [1.165, 1.54) is 0 Å². The smallest absolute Gasteiger partial charge is 0.136 e. The van der Waals surface area contributed by atoms with E-state index in [4.69, 9.17) is 0 Å². The van der Waals surface area contributed by atoms with Crippen molar-refractivity contribution in [2.75, 3.05) is 0 Å². The summed E-state index contributed by atoms with van der Waals surface area (Å²) in [5, 5.41) is 0. The average molecular weight is 201 g/mol. The molecule has 0 aliphatic heterocycles. The van der Waals surface area contributed by atoms with E-state index in [9.17, 15) is 9.59 Å². The molecule has 3 nitrogen and oxygen atoms in total. The third-order valence-electron chi connectivity index (χ3n) is 1.62. The molecule has 0 aromatic rings. The Morgan fingerprint density at radius 2 is 1.92 bits per heavy atom. The second-order valence-electron chi connectivity index (χ2n) is 4.23. The van der Waals surface area contributed by atoms with Crippen LogP contribution < -0.4 is 4.98 Å². The Bertz CT molecular complexity index is 165. The van der Waals surface area contributed by atoms with Crippen LogP contribution in [0, 0.1) is 0 Å². The lowest BCUT2D eigenvalue weighted by Gasteiger charge is -2.22. The molecule has 0 rings (SSSR count). The minimum absolute atomic E-state index is 0.0633. The first-order chi connectivity index (χ1) is 5.99. The Balaban J connectivity index is 3.76. The van der Waals surface area contributed by atoms with E-state index in [1.807, 2.05) is 0 Å². The van der Waals surface area contributed by atoms with Gasteiger partial charge in [-0.1, -0.05) is 19.6 Å². The molecule has 0 radical (unpaired) electrons. The van der Waals surface area contributed by atoms with Crippen LogP contribution in [0.4, 0.5) is 0 Å². The maximum atomic E-state index is 10.6. The summed E-state index contributed by atoms with van der Waals surface area (Å²) >= 11 is 0. The predicted octanol–water partition coefficient (Wildman–Crippen LogP) is 1.35. The monoisotopic (exact) mass is 201 g/mol. The quantitative estimate of drug-likeness (QED) is 0.384. The molecule has 0 saturated heterocycles. The molecule has 4 heteroatoms. The third-order valence-corrected chi connectivity index (χ3v) is 2.86. The standard InChI is InChI=1S/C9H19NO2Si/c1-13(2,3)10-9(8-12)6-4-5-7-11/h7-10H,4-6H2,1-3H3. The van der Waals surface area contributed by atoms with Crippen LogP contribution in [0.2, 0.25) is 19.6 Å². The molecule has 0 aromatic heterocycles. The largest absolute Gasteiger partial charge is 0.329 e. The highest BCUT2D eigenvalue weighted by Crippen LogP contribution is 2.02. The molecule has 0 aromatic carbocycles. The number of nitrogens with one attached hydrogen (secondary N) is 1. The van der Waals surface area contributed by atoms with Crippen LogP contribution in [0.3, 0.4) is 0 Å². The van der Waals surface area contributed by atoms with Crippen LogP contribution in [0.15, 0.2) is 0 Å². The van der Waals surface area contributed by atoms with Crippen molar-refractivity contribution in [1.82, 2.24) is 4.98 Å². The molecule has 1 atom stereocenters. The lowest BCUT2D eigenvalue weighted by Crippen LogP contribution is -2.48. The molecule has 0 saturated carbocycles. The summed E-state index contributed by atoms with van der Waals surface area (Å²) in [5.41, 5.74) is 0. The van der Waals surface area contributed by atoms with Gasteiger partial charge in [0.15, 0.2) is 0 Å². The van der Waals surface area contributed by atoms with Gasteiger partial charge in [0.1, 0.15) is 20.8 Å². The lowest BCUT2D eigenvalue weighted by atomic mass is 10.1. The predicted molar refractivity (Wildman–Crippen MR) is 56.2 cm³/mol. The van der Waals surface area contributed by atoms with Crippen molar-refractivity contribution in [3.05, 3.63) is 0 Å². The van der Waals surface area contributed by atoms with Gasteiger partial charge in [0.25, 0.3) is 0 Å². The van der Waals surface area contributed by atoms with Crippen LogP contribution in [0.5, 0.6) is 0 Å². The van der Waals surface area contributed by atoms with Crippen LogP contribution in [0.25, 0.3) is 0 Å². The van der Waals surface area contributed by atoms with Gasteiger partial charge in [-0.05, 0) is 12.8 Å². The van der Waals surface area contributed by atoms with Crippen molar-refractivity contribution >= 4 is 20.8 Å². The number of rotatable bonds is 7. The minimum atomic E-state index is -1.37. The van der Waals surface area contributed by atoms with Gasteiger partial charge in [-0.15, -0.1) is 0 Å². The highest BCUT2D eigenvalue weighted by Gasteiger charge is 2.17. The highest BCUT2D eigenvalue weighted by molar-refractivity contribution is 6.73. The first-order valence-corrected chi connectivity index (χ1v) is 8.16. The number of unbranched alkanes of at least 4 members (excludes halogenated alkanes) is 1. The molecule has 0 fully saturated rings. The normalized spacial score (nSPS) is 13.8. The lowest BCUT2D eigenvalue weighted by molar-refractivity contribution is -0.110. The third kappa shape index (κ3) is 7.86. The van der Waals surface area contributed by atoms with E-state index in [2.05, 4.69) is 24.6 Å². The second kappa shape index (κ2) is 6.04. The highest BCUT2D eigenvalue weighted by atomic mass is 28.3. The Hall–Kier alpha value is -0.483. The van der Waals surface area contributed by atoms with Crippen LogP contribution >= 0.6 is 0 Å². The summed E-state index contributed by atoms with van der Waals surface area (Å²) in [6.07, 6.45) is 3.97. The fourth-order valence-corrected chi connectivity index (χ4v) is 2.48. The molecule has 0 spiro atoms. The fourth-order valence-electron chi connectivity index (χ4n) is 1.15. The van der Waals surface area contributed by atoms with E-state index in [0.717, 1.165) is 25.4 Å². The first-order valence-electron chi connectivity index (χ1n) is 4.66. The average Bonchev–Trinajstić information content (AvgIpc) is 2.01. The van der Waals surface area contributed by atoms with E-state index < -0.39 is 8.24 Å². The first kappa shape index (κ1) is 12.5. The number of hydrogen-bond acceptors (Lipinski definition) is 3. The van der Waals surface area contributed by atoms with E-state index in [-0.39, 0.29) is 6.04 Å². The van der Waals surface area contributed by atoms with Gasteiger partial charge in [0.2, 0.25) is 0 Å². The Morgan fingerprint density at radius 3 is 2.31 bits per heavy atom. The molecule has 0 aliphatic rings. The SMILES string of the molecule is C[Si](C)(C)NC(C=O)CCCC=O. The van der Waals surface area contributed by atoms with Gasteiger partial charge in [-0.3, -0.25) is 0 Å². The summed E-state index contributed by atoms with van der Waals surface area (Å²) in [6, 6.07) is -0.0633. The molecule has 0 amide bonds. The van der Waals surface area contributed by atoms with Gasteiger partial charge < -0.3 is 14.6 Å². The van der Waals surface area contributed by atoms with Gasteiger partial charge in [-0.2, -0.15) is 0 Å². The molecule has 76 valence electrons. The van der Waals surface area contributed by atoms with Crippen molar-refractivity contribution in [3.8, 4) is 0 Å². The molecule has 13 heavy (non-hydrogen) atoms. The van der Waals surface area contributed by atoms with Crippen LogP contribution in [-0.2, 0) is 9.59 Å². The minimum Gasteiger partial charge on any atom is -0.329 e. The summed E-state index contributed by atoms with van der Waals surface area (Å²) < 4.78 is 0. The Kier molecular flexibility index (Phi) is 5.82. The Morgan fingerprint density at radius 1 is 1.31 bits per heavy atom. The van der Waals surface area contributed by atoms with Gasteiger partial charge in [0, 0.05) is 6.42 Å². The van der Waals surface area contributed by atoms with Crippen molar-refractivity contribution < 1.29 is 9.59 Å². The molecular weight excluding hydrogens is 182 g/mol. The maximum Gasteiger partial charge on any atom is 0.136 e. The molecule has 0 bridgehead atoms. The fraction of sp³-hybridized carbons (Fsp3) is 0.778. The van der Waals surface area contributed by atoms with E-state index in [0.29, 0.717) is 6.42 Å². The van der Waals surface area contributed by atoms with Crippen molar-refractivity contribution in [1.29, 1.82) is 0 Å². The second-order valence-corrected chi connectivity index (χ2v) is 9.02. The molecule has 1 unspecified atom stereocenters. The van der Waals surface area contributed by atoms with Crippen molar-refractivity contribution in [2.24, 2.45) is 0 Å². The van der Waals surface area contributed by atoms with Crippen LogP contribution in [0.1, 0.15) is 19.3 Å².